The molecule has 1 atom stereocenters. The molecule has 0 fully saturated rings. The molecule has 18 heavy (non-hydrogen) atoms. The minimum Gasteiger partial charge on any atom is -0.396 e. The molecule has 98 valence electrons. The number of thiophene rings is 1. The number of nitrogen functional groups attached to an aromatic ring is 1. The van der Waals surface area contributed by atoms with Gasteiger partial charge in [-0.2, -0.15) is 5.26 Å². The van der Waals surface area contributed by atoms with Crippen molar-refractivity contribution in [2.24, 2.45) is 11.7 Å². The number of nitriles is 1. The number of carbonyl (C=O) groups is 1. The molecule has 5 nitrogen and oxygen atoms in total. The van der Waals surface area contributed by atoms with Gasteiger partial charge in [0.1, 0.15) is 15.9 Å². The summed E-state index contributed by atoms with van der Waals surface area (Å²) in [6.07, 6.45) is 0.912. The van der Waals surface area contributed by atoms with Gasteiger partial charge >= 0.3 is 0 Å². The standard InChI is InChI=1S/C12H18N4OS/c1-4-7(6(2)3)16-12-9(11(15)17)10(14)8(5-13)18-12/h6-7,16H,4,14H2,1-3H3,(H2,15,17). The Morgan fingerprint density at radius 1 is 1.56 bits per heavy atom. The molecule has 0 spiro atoms. The molecule has 1 unspecified atom stereocenters. The number of hydrogen-bond acceptors (Lipinski definition) is 5. The fourth-order valence-corrected chi connectivity index (χ4v) is 2.77. The number of rotatable bonds is 5. The highest BCUT2D eigenvalue weighted by Gasteiger charge is 2.22. The molecule has 1 heterocycles. The maximum Gasteiger partial charge on any atom is 0.253 e. The largest absolute Gasteiger partial charge is 0.396 e. The molecule has 5 N–H and O–H groups in total. The Balaban J connectivity index is 3.16. The van der Waals surface area contributed by atoms with Crippen LogP contribution in [0.25, 0.3) is 0 Å². The van der Waals surface area contributed by atoms with Crippen molar-refractivity contribution in [2.45, 2.75) is 33.2 Å². The van der Waals surface area contributed by atoms with E-state index >= 15 is 0 Å². The third-order valence-electron chi connectivity index (χ3n) is 2.85. The first-order valence-electron chi connectivity index (χ1n) is 5.81. The van der Waals surface area contributed by atoms with Gasteiger partial charge in [0.2, 0.25) is 0 Å². The SMILES string of the molecule is CCC(Nc1sc(C#N)c(N)c1C(N)=O)C(C)C. The minimum absolute atomic E-state index is 0.177. The minimum atomic E-state index is -0.605. The van der Waals surface area contributed by atoms with Crippen LogP contribution in [0.15, 0.2) is 0 Å². The van der Waals surface area contributed by atoms with Crippen LogP contribution in [0.3, 0.4) is 0 Å². The summed E-state index contributed by atoms with van der Waals surface area (Å²) >= 11 is 1.18. The second kappa shape index (κ2) is 5.74. The van der Waals surface area contributed by atoms with Crippen molar-refractivity contribution >= 4 is 27.9 Å². The van der Waals surface area contributed by atoms with Crippen molar-refractivity contribution in [3.8, 4) is 6.07 Å². The third kappa shape index (κ3) is 2.74. The number of anilines is 2. The number of carbonyl (C=O) groups excluding carboxylic acids is 1. The first-order valence-corrected chi connectivity index (χ1v) is 6.62. The van der Waals surface area contributed by atoms with Gasteiger partial charge in [-0.1, -0.05) is 20.8 Å². The summed E-state index contributed by atoms with van der Waals surface area (Å²) in [7, 11) is 0. The van der Waals surface area contributed by atoms with Gasteiger partial charge in [0.25, 0.3) is 5.91 Å². The monoisotopic (exact) mass is 266 g/mol. The summed E-state index contributed by atoms with van der Waals surface area (Å²) in [6.45, 7) is 6.24. The fourth-order valence-electron chi connectivity index (χ4n) is 1.78. The van der Waals surface area contributed by atoms with Crippen molar-refractivity contribution in [2.75, 3.05) is 11.1 Å². The van der Waals surface area contributed by atoms with Crippen LogP contribution in [0.5, 0.6) is 0 Å². The first-order chi connectivity index (χ1) is 8.42. The molecule has 0 radical (unpaired) electrons. The number of nitrogens with one attached hydrogen (secondary N) is 1. The van der Waals surface area contributed by atoms with Crippen molar-refractivity contribution < 1.29 is 4.79 Å². The summed E-state index contributed by atoms with van der Waals surface area (Å²) < 4.78 is 0. The molecule has 0 saturated heterocycles. The van der Waals surface area contributed by atoms with E-state index in [1.807, 2.05) is 6.07 Å². The molecule has 0 aliphatic carbocycles. The normalized spacial score (nSPS) is 12.2. The lowest BCUT2D eigenvalue weighted by Crippen LogP contribution is -2.25. The first kappa shape index (κ1) is 14.3. The van der Waals surface area contributed by atoms with Gasteiger partial charge in [0, 0.05) is 6.04 Å². The third-order valence-corrected chi connectivity index (χ3v) is 3.90. The molecular formula is C12H18N4OS. The zero-order valence-electron chi connectivity index (χ0n) is 10.8. The van der Waals surface area contributed by atoms with E-state index in [2.05, 4.69) is 26.1 Å². The molecule has 1 aromatic heterocycles. The lowest BCUT2D eigenvalue weighted by Gasteiger charge is -2.21. The van der Waals surface area contributed by atoms with E-state index < -0.39 is 5.91 Å². The van der Waals surface area contributed by atoms with Gasteiger partial charge in [-0.05, 0) is 12.3 Å². The predicted octanol–water partition coefficient (Wildman–Crippen LogP) is 2.15. The highest BCUT2D eigenvalue weighted by Crippen LogP contribution is 2.36. The van der Waals surface area contributed by atoms with E-state index in [1.54, 1.807) is 0 Å². The number of hydrogen-bond donors (Lipinski definition) is 3. The Kier molecular flexibility index (Phi) is 4.56. The van der Waals surface area contributed by atoms with Crippen molar-refractivity contribution in [1.82, 2.24) is 0 Å². The predicted molar refractivity (Wildman–Crippen MR) is 74.5 cm³/mol. The molecule has 0 saturated carbocycles. The molecule has 0 aromatic carbocycles. The van der Waals surface area contributed by atoms with Crippen LogP contribution in [0.4, 0.5) is 10.7 Å². The van der Waals surface area contributed by atoms with Crippen molar-refractivity contribution in [3.05, 3.63) is 10.4 Å². The second-order valence-electron chi connectivity index (χ2n) is 4.43. The second-order valence-corrected chi connectivity index (χ2v) is 5.45. The van der Waals surface area contributed by atoms with E-state index in [4.69, 9.17) is 16.7 Å². The maximum absolute atomic E-state index is 11.4. The topological polar surface area (TPSA) is 105 Å². The Hall–Kier alpha value is -1.74. The van der Waals surface area contributed by atoms with E-state index in [9.17, 15) is 4.79 Å². The van der Waals surface area contributed by atoms with Crippen molar-refractivity contribution in [3.63, 3.8) is 0 Å². The number of nitrogens with zero attached hydrogens (tertiary/aromatic N) is 1. The zero-order valence-corrected chi connectivity index (χ0v) is 11.6. The van der Waals surface area contributed by atoms with Gasteiger partial charge in [-0.15, -0.1) is 11.3 Å². The number of amides is 1. The highest BCUT2D eigenvalue weighted by molar-refractivity contribution is 7.17. The molecule has 0 bridgehead atoms. The van der Waals surface area contributed by atoms with Crippen LogP contribution < -0.4 is 16.8 Å². The number of nitrogens with two attached hydrogens (primary N) is 2. The molecule has 1 amide bonds. The van der Waals surface area contributed by atoms with Gasteiger partial charge in [0.15, 0.2) is 0 Å². The maximum atomic E-state index is 11.4. The summed E-state index contributed by atoms with van der Waals surface area (Å²) in [4.78, 5) is 11.7. The van der Waals surface area contributed by atoms with Gasteiger partial charge in [-0.3, -0.25) is 4.79 Å². The summed E-state index contributed by atoms with van der Waals surface area (Å²) in [6, 6.07) is 2.19. The molecular weight excluding hydrogens is 248 g/mol. The van der Waals surface area contributed by atoms with E-state index in [-0.39, 0.29) is 17.3 Å². The van der Waals surface area contributed by atoms with E-state index in [0.29, 0.717) is 15.8 Å². The Labute approximate surface area is 111 Å². The summed E-state index contributed by atoms with van der Waals surface area (Å²) in [5, 5.41) is 12.8. The van der Waals surface area contributed by atoms with E-state index in [1.165, 1.54) is 11.3 Å². The number of primary amides is 1. The van der Waals surface area contributed by atoms with Crippen LogP contribution in [0.2, 0.25) is 0 Å². The van der Waals surface area contributed by atoms with Crippen LogP contribution in [-0.2, 0) is 0 Å². The quantitative estimate of drug-likeness (QED) is 0.759. The van der Waals surface area contributed by atoms with Gasteiger partial charge < -0.3 is 16.8 Å². The summed E-state index contributed by atoms with van der Waals surface area (Å²) in [5.74, 6) is -0.198. The Morgan fingerprint density at radius 3 is 2.56 bits per heavy atom. The smallest absolute Gasteiger partial charge is 0.253 e. The zero-order chi connectivity index (χ0) is 13.9. The highest BCUT2D eigenvalue weighted by atomic mass is 32.1. The molecule has 1 rings (SSSR count). The lowest BCUT2D eigenvalue weighted by molar-refractivity contribution is 0.100. The van der Waals surface area contributed by atoms with Crippen LogP contribution in [0, 0.1) is 17.2 Å². The van der Waals surface area contributed by atoms with E-state index in [0.717, 1.165) is 6.42 Å². The van der Waals surface area contributed by atoms with Crippen LogP contribution in [-0.4, -0.2) is 11.9 Å². The average Bonchev–Trinajstić information content (AvgIpc) is 2.61. The van der Waals surface area contributed by atoms with Crippen LogP contribution >= 0.6 is 11.3 Å². The van der Waals surface area contributed by atoms with Crippen LogP contribution in [0.1, 0.15) is 42.4 Å². The van der Waals surface area contributed by atoms with Gasteiger partial charge in [0.05, 0.1) is 11.3 Å². The Morgan fingerprint density at radius 2 is 2.17 bits per heavy atom. The lowest BCUT2D eigenvalue weighted by atomic mass is 10.0. The fraction of sp³-hybridized carbons (Fsp3) is 0.500. The van der Waals surface area contributed by atoms with Crippen molar-refractivity contribution in [1.29, 1.82) is 5.26 Å². The molecule has 6 heteroatoms. The molecule has 0 aliphatic rings. The Bertz CT molecular complexity index is 487. The van der Waals surface area contributed by atoms with Gasteiger partial charge in [-0.25, -0.2) is 0 Å². The molecule has 0 aliphatic heterocycles. The summed E-state index contributed by atoms with van der Waals surface area (Å²) in [5.41, 5.74) is 11.5. The average molecular weight is 266 g/mol. The molecule has 1 aromatic rings.